The monoisotopic (exact) mass is 398 g/mol. The lowest BCUT2D eigenvalue weighted by Gasteiger charge is -2.10. The summed E-state index contributed by atoms with van der Waals surface area (Å²) in [4.78, 5) is 12.0. The van der Waals surface area contributed by atoms with Crippen LogP contribution in [0.25, 0.3) is 0 Å². The Morgan fingerprint density at radius 1 is 1.08 bits per heavy atom. The maximum Gasteiger partial charge on any atom is 0.262 e. The van der Waals surface area contributed by atoms with E-state index >= 15 is 0 Å². The number of carbonyl (C=O) groups is 1. The van der Waals surface area contributed by atoms with Crippen LogP contribution in [0, 0.1) is 6.92 Å². The number of hydrogen-bond donors (Lipinski definition) is 2. The molecule has 0 atom stereocenters. The predicted molar refractivity (Wildman–Crippen MR) is 96.2 cm³/mol. The van der Waals surface area contributed by atoms with Crippen LogP contribution in [0.15, 0.2) is 52.3 Å². The first kappa shape index (κ1) is 19.9. The quantitative estimate of drug-likeness (QED) is 0.748. The Kier molecular flexibility index (Phi) is 5.69. The zero-order chi connectivity index (χ0) is 19.5. The van der Waals surface area contributed by atoms with Crippen LogP contribution in [0.5, 0.6) is 5.75 Å². The van der Waals surface area contributed by atoms with Crippen LogP contribution >= 0.6 is 0 Å². The molecular weight excluding hydrogens is 380 g/mol. The topological polar surface area (TPSA) is 133 Å². The van der Waals surface area contributed by atoms with E-state index in [0.29, 0.717) is 11.3 Å². The van der Waals surface area contributed by atoms with Crippen molar-refractivity contribution in [3.63, 3.8) is 0 Å². The van der Waals surface area contributed by atoms with Crippen LogP contribution in [-0.4, -0.2) is 35.6 Å². The lowest BCUT2D eigenvalue weighted by atomic mass is 10.2. The Labute approximate surface area is 151 Å². The van der Waals surface area contributed by atoms with E-state index in [4.69, 9.17) is 9.88 Å². The molecule has 0 spiro atoms. The zero-order valence-corrected chi connectivity index (χ0v) is 15.7. The molecule has 26 heavy (non-hydrogen) atoms. The van der Waals surface area contributed by atoms with Crippen molar-refractivity contribution in [3.8, 4) is 5.75 Å². The van der Waals surface area contributed by atoms with Crippen LogP contribution in [0.2, 0.25) is 0 Å². The molecule has 2 aromatic rings. The van der Waals surface area contributed by atoms with Crippen molar-refractivity contribution in [2.45, 2.75) is 16.7 Å². The summed E-state index contributed by atoms with van der Waals surface area (Å²) in [5.41, 5.74) is 0.730. The third kappa shape index (κ3) is 5.28. The first-order valence-corrected chi connectivity index (χ1v) is 10.8. The van der Waals surface area contributed by atoms with Crippen LogP contribution in [0.4, 0.5) is 5.69 Å². The van der Waals surface area contributed by atoms with Gasteiger partial charge in [0.25, 0.3) is 5.91 Å². The number of nitrogens with two attached hydrogens (primary N) is 1. The van der Waals surface area contributed by atoms with Gasteiger partial charge in [0.1, 0.15) is 5.75 Å². The van der Waals surface area contributed by atoms with Crippen molar-refractivity contribution < 1.29 is 26.4 Å². The van der Waals surface area contributed by atoms with Gasteiger partial charge in [0.05, 0.1) is 9.79 Å². The number of amides is 1. The molecule has 0 aliphatic carbocycles. The van der Waals surface area contributed by atoms with Gasteiger partial charge in [0.2, 0.25) is 10.0 Å². The third-order valence-electron chi connectivity index (χ3n) is 3.40. The van der Waals surface area contributed by atoms with E-state index in [1.54, 1.807) is 13.0 Å². The average Bonchev–Trinajstić information content (AvgIpc) is 2.53. The SMILES string of the molecule is Cc1ccc(NC(=O)COc2ccc(S(C)(=O)=O)cc2)cc1S(N)(=O)=O. The number of ether oxygens (including phenoxy) is 1. The average molecular weight is 398 g/mol. The summed E-state index contributed by atoms with van der Waals surface area (Å²) in [6, 6.07) is 9.97. The zero-order valence-electron chi connectivity index (χ0n) is 14.1. The third-order valence-corrected chi connectivity index (χ3v) is 5.58. The second-order valence-electron chi connectivity index (χ2n) is 5.61. The second kappa shape index (κ2) is 7.44. The molecule has 10 heteroatoms. The Bertz CT molecular complexity index is 1030. The van der Waals surface area contributed by atoms with Crippen molar-refractivity contribution >= 4 is 31.5 Å². The highest BCUT2D eigenvalue weighted by Gasteiger charge is 2.13. The maximum absolute atomic E-state index is 11.9. The number of carbonyl (C=O) groups excluding carboxylic acids is 1. The van der Waals surface area contributed by atoms with Crippen LogP contribution in [0.1, 0.15) is 5.56 Å². The summed E-state index contributed by atoms with van der Waals surface area (Å²) in [7, 11) is -7.20. The Morgan fingerprint density at radius 3 is 2.23 bits per heavy atom. The lowest BCUT2D eigenvalue weighted by Crippen LogP contribution is -2.21. The van der Waals surface area contributed by atoms with E-state index in [0.717, 1.165) is 6.26 Å². The van der Waals surface area contributed by atoms with E-state index in [9.17, 15) is 21.6 Å². The number of anilines is 1. The molecule has 0 unspecified atom stereocenters. The number of nitrogens with one attached hydrogen (secondary N) is 1. The molecule has 0 saturated heterocycles. The molecule has 140 valence electrons. The van der Waals surface area contributed by atoms with Crippen molar-refractivity contribution in [1.29, 1.82) is 0 Å². The molecule has 0 saturated carbocycles. The summed E-state index contributed by atoms with van der Waals surface area (Å²) < 4.78 is 51.0. The number of rotatable bonds is 6. The first-order valence-electron chi connectivity index (χ1n) is 7.33. The van der Waals surface area contributed by atoms with Crippen molar-refractivity contribution in [2.75, 3.05) is 18.2 Å². The van der Waals surface area contributed by atoms with Gasteiger partial charge >= 0.3 is 0 Å². The molecule has 0 heterocycles. The van der Waals surface area contributed by atoms with Gasteiger partial charge in [-0.15, -0.1) is 0 Å². The molecular formula is C16H18N2O6S2. The maximum atomic E-state index is 11.9. The summed E-state index contributed by atoms with van der Waals surface area (Å²) in [5, 5.41) is 7.63. The fourth-order valence-electron chi connectivity index (χ4n) is 2.11. The van der Waals surface area contributed by atoms with Gasteiger partial charge in [-0.2, -0.15) is 0 Å². The summed E-state index contributed by atoms with van der Waals surface area (Å²) >= 11 is 0. The van der Waals surface area contributed by atoms with E-state index in [2.05, 4.69) is 5.32 Å². The molecule has 8 nitrogen and oxygen atoms in total. The fourth-order valence-corrected chi connectivity index (χ4v) is 3.55. The van der Waals surface area contributed by atoms with Crippen LogP contribution in [0.3, 0.4) is 0 Å². The molecule has 0 radical (unpaired) electrons. The van der Waals surface area contributed by atoms with Crippen molar-refractivity contribution in [1.82, 2.24) is 0 Å². The number of benzene rings is 2. The second-order valence-corrected chi connectivity index (χ2v) is 9.15. The van der Waals surface area contributed by atoms with Crippen LogP contribution in [-0.2, 0) is 24.7 Å². The van der Waals surface area contributed by atoms with Gasteiger partial charge in [-0.05, 0) is 48.9 Å². The lowest BCUT2D eigenvalue weighted by molar-refractivity contribution is -0.118. The minimum atomic E-state index is -3.89. The highest BCUT2D eigenvalue weighted by atomic mass is 32.2. The van der Waals surface area contributed by atoms with Gasteiger partial charge in [0, 0.05) is 11.9 Å². The molecule has 0 fully saturated rings. The standard InChI is InChI=1S/C16H18N2O6S2/c1-11-3-4-12(9-15(11)26(17,22)23)18-16(19)10-24-13-5-7-14(8-6-13)25(2,20)21/h3-9H,10H2,1-2H3,(H,18,19)(H2,17,22,23). The van der Waals surface area contributed by atoms with Gasteiger partial charge in [0.15, 0.2) is 16.4 Å². The first-order chi connectivity index (χ1) is 12.0. The predicted octanol–water partition coefficient (Wildman–Crippen LogP) is 1.06. The highest BCUT2D eigenvalue weighted by molar-refractivity contribution is 7.90. The van der Waals surface area contributed by atoms with Gasteiger partial charge < -0.3 is 10.1 Å². The van der Waals surface area contributed by atoms with Gasteiger partial charge in [-0.1, -0.05) is 6.07 Å². The summed E-state index contributed by atoms with van der Waals surface area (Å²) in [6.07, 6.45) is 1.09. The Morgan fingerprint density at radius 2 is 1.69 bits per heavy atom. The normalized spacial score (nSPS) is 11.8. The molecule has 0 bridgehead atoms. The largest absolute Gasteiger partial charge is 0.484 e. The molecule has 2 aromatic carbocycles. The number of sulfonamides is 1. The summed E-state index contributed by atoms with van der Waals surface area (Å²) in [6.45, 7) is 1.26. The van der Waals surface area contributed by atoms with E-state index in [1.165, 1.54) is 36.4 Å². The van der Waals surface area contributed by atoms with Crippen molar-refractivity contribution in [3.05, 3.63) is 48.0 Å². The molecule has 2 rings (SSSR count). The van der Waals surface area contributed by atoms with Gasteiger partial charge in [-0.25, -0.2) is 22.0 Å². The minimum Gasteiger partial charge on any atom is -0.484 e. The van der Waals surface area contributed by atoms with E-state index < -0.39 is 25.8 Å². The summed E-state index contributed by atoms with van der Waals surface area (Å²) in [5.74, 6) is -0.192. The van der Waals surface area contributed by atoms with E-state index in [1.807, 2.05) is 0 Å². The molecule has 3 N–H and O–H groups in total. The molecule has 1 amide bonds. The highest BCUT2D eigenvalue weighted by Crippen LogP contribution is 2.19. The van der Waals surface area contributed by atoms with E-state index in [-0.39, 0.29) is 22.1 Å². The van der Waals surface area contributed by atoms with Crippen LogP contribution < -0.4 is 15.2 Å². The fraction of sp³-hybridized carbons (Fsp3) is 0.188. The van der Waals surface area contributed by atoms with Gasteiger partial charge in [-0.3, -0.25) is 4.79 Å². The Hall–Kier alpha value is -2.43. The molecule has 0 aliphatic rings. The molecule has 0 aliphatic heterocycles. The number of aryl methyl sites for hydroxylation is 1. The van der Waals surface area contributed by atoms with Crippen molar-refractivity contribution in [2.24, 2.45) is 5.14 Å². The number of sulfone groups is 1. The number of hydrogen-bond acceptors (Lipinski definition) is 6. The minimum absolute atomic E-state index is 0.0763. The Balaban J connectivity index is 2.01. The molecule has 0 aromatic heterocycles. The number of primary sulfonamides is 1. The smallest absolute Gasteiger partial charge is 0.262 e.